The number of carbonyl (C=O) groups is 1. The summed E-state index contributed by atoms with van der Waals surface area (Å²) in [6.07, 6.45) is 0.961. The van der Waals surface area contributed by atoms with Crippen molar-refractivity contribution in [3.8, 4) is 0 Å². The fraction of sp³-hybridized carbons (Fsp3) is 0.667. The molecule has 0 aliphatic heterocycles. The maximum absolute atomic E-state index is 12.8. The minimum atomic E-state index is -4.60. The molecule has 1 aliphatic rings. The average Bonchev–Trinajstić information content (AvgIpc) is 2.97. The van der Waals surface area contributed by atoms with E-state index < -0.39 is 24.6 Å². The quantitative estimate of drug-likeness (QED) is 0.776. The Morgan fingerprint density at radius 3 is 2.63 bits per heavy atom. The number of halogens is 4. The largest absolute Gasteiger partial charge is 0.364 e. The van der Waals surface area contributed by atoms with E-state index in [1.165, 1.54) is 6.07 Å². The van der Waals surface area contributed by atoms with Gasteiger partial charge in [0.2, 0.25) is 5.78 Å². The first-order valence-corrected chi connectivity index (χ1v) is 6.14. The Labute approximate surface area is 107 Å². The predicted molar refractivity (Wildman–Crippen MR) is 59.4 cm³/mol. The van der Waals surface area contributed by atoms with Crippen LogP contribution in [0.2, 0.25) is 0 Å². The van der Waals surface area contributed by atoms with Gasteiger partial charge in [-0.1, -0.05) is 12.8 Å². The standard InChI is InChI=1S/C12H14F4N2O/c13-11(14)12(15,16)10(19)7-8-5-6-18(17-8)9-3-1-2-4-9/h5-6,9,11H,1-4,7H2. The highest BCUT2D eigenvalue weighted by atomic mass is 19.3. The summed E-state index contributed by atoms with van der Waals surface area (Å²) in [6.45, 7) is 0. The van der Waals surface area contributed by atoms with Crippen molar-refractivity contribution in [3.63, 3.8) is 0 Å². The number of alkyl halides is 4. The van der Waals surface area contributed by atoms with Crippen molar-refractivity contribution in [2.45, 2.75) is 50.5 Å². The number of nitrogens with zero attached hydrogens (tertiary/aromatic N) is 2. The van der Waals surface area contributed by atoms with Crippen LogP contribution < -0.4 is 0 Å². The molecule has 0 bridgehead atoms. The summed E-state index contributed by atoms with van der Waals surface area (Å²) in [5.41, 5.74) is 0.109. The summed E-state index contributed by atoms with van der Waals surface area (Å²) in [5, 5.41) is 4.02. The van der Waals surface area contributed by atoms with Gasteiger partial charge in [-0.05, 0) is 18.9 Å². The molecule has 0 N–H and O–H groups in total. The van der Waals surface area contributed by atoms with Gasteiger partial charge < -0.3 is 0 Å². The van der Waals surface area contributed by atoms with Crippen molar-refractivity contribution in [1.29, 1.82) is 0 Å². The zero-order valence-electron chi connectivity index (χ0n) is 10.2. The molecule has 1 aromatic rings. The smallest absolute Gasteiger partial charge is 0.292 e. The molecular weight excluding hydrogens is 264 g/mol. The lowest BCUT2D eigenvalue weighted by Crippen LogP contribution is -2.37. The van der Waals surface area contributed by atoms with Crippen LogP contribution in [0.15, 0.2) is 12.3 Å². The van der Waals surface area contributed by atoms with Gasteiger partial charge in [-0.15, -0.1) is 0 Å². The molecule has 106 valence electrons. The average molecular weight is 278 g/mol. The van der Waals surface area contributed by atoms with Gasteiger partial charge in [-0.3, -0.25) is 9.48 Å². The second-order valence-electron chi connectivity index (χ2n) is 4.75. The van der Waals surface area contributed by atoms with Crippen molar-refractivity contribution >= 4 is 5.78 Å². The van der Waals surface area contributed by atoms with E-state index in [1.807, 2.05) is 0 Å². The molecule has 1 fully saturated rings. The summed E-state index contributed by atoms with van der Waals surface area (Å²) in [6, 6.07) is 1.65. The lowest BCUT2D eigenvalue weighted by Gasteiger charge is -2.12. The fourth-order valence-corrected chi connectivity index (χ4v) is 2.25. The number of hydrogen-bond donors (Lipinski definition) is 0. The molecule has 0 unspecified atom stereocenters. The van der Waals surface area contributed by atoms with E-state index in [4.69, 9.17) is 0 Å². The lowest BCUT2D eigenvalue weighted by molar-refractivity contribution is -0.166. The fourth-order valence-electron chi connectivity index (χ4n) is 2.25. The van der Waals surface area contributed by atoms with Gasteiger partial charge >= 0.3 is 12.3 Å². The first-order valence-electron chi connectivity index (χ1n) is 6.14. The van der Waals surface area contributed by atoms with E-state index in [0.29, 0.717) is 0 Å². The van der Waals surface area contributed by atoms with Crippen LogP contribution in [0.3, 0.4) is 0 Å². The molecule has 19 heavy (non-hydrogen) atoms. The first-order chi connectivity index (χ1) is 8.91. The molecule has 1 heterocycles. The SMILES string of the molecule is O=C(Cc1ccn(C2CCCC2)n1)C(F)(F)C(F)F. The molecule has 0 saturated heterocycles. The van der Waals surface area contributed by atoms with Crippen molar-refractivity contribution in [1.82, 2.24) is 9.78 Å². The molecule has 0 atom stereocenters. The monoisotopic (exact) mass is 278 g/mol. The van der Waals surface area contributed by atoms with Crippen LogP contribution in [0.4, 0.5) is 17.6 Å². The number of hydrogen-bond acceptors (Lipinski definition) is 2. The Bertz CT molecular complexity index is 452. The molecule has 2 rings (SSSR count). The zero-order chi connectivity index (χ0) is 14.0. The summed E-state index contributed by atoms with van der Waals surface area (Å²) in [5.74, 6) is -6.39. The number of aromatic nitrogens is 2. The van der Waals surface area contributed by atoms with Crippen LogP contribution in [0.25, 0.3) is 0 Å². The number of Topliss-reactive ketones (excluding diaryl/α,β-unsaturated/α-hetero) is 1. The molecule has 1 aromatic heterocycles. The molecule has 0 amide bonds. The number of ketones is 1. The molecule has 7 heteroatoms. The summed E-state index contributed by atoms with van der Waals surface area (Å²) in [7, 11) is 0. The van der Waals surface area contributed by atoms with Crippen LogP contribution in [-0.4, -0.2) is 27.9 Å². The van der Waals surface area contributed by atoms with E-state index in [2.05, 4.69) is 5.10 Å². The van der Waals surface area contributed by atoms with E-state index in [0.717, 1.165) is 25.7 Å². The van der Waals surface area contributed by atoms with Crippen molar-refractivity contribution in [3.05, 3.63) is 18.0 Å². The van der Waals surface area contributed by atoms with Gasteiger partial charge in [0, 0.05) is 6.20 Å². The molecule has 1 saturated carbocycles. The van der Waals surface area contributed by atoms with E-state index in [1.54, 1.807) is 10.9 Å². The predicted octanol–water partition coefficient (Wildman–Crippen LogP) is 3.01. The molecule has 3 nitrogen and oxygen atoms in total. The maximum Gasteiger partial charge on any atom is 0.364 e. The third kappa shape index (κ3) is 2.96. The van der Waals surface area contributed by atoms with Crippen molar-refractivity contribution < 1.29 is 22.4 Å². The molecule has 1 aliphatic carbocycles. The summed E-state index contributed by atoms with van der Waals surface area (Å²) >= 11 is 0. The van der Waals surface area contributed by atoms with Gasteiger partial charge in [0.25, 0.3) is 0 Å². The topological polar surface area (TPSA) is 34.9 Å². The van der Waals surface area contributed by atoms with Crippen LogP contribution in [0, 0.1) is 0 Å². The Morgan fingerprint density at radius 2 is 2.05 bits per heavy atom. The molecule has 0 spiro atoms. The van der Waals surface area contributed by atoms with Gasteiger partial charge in [0.15, 0.2) is 0 Å². The van der Waals surface area contributed by atoms with E-state index >= 15 is 0 Å². The normalized spacial score (nSPS) is 17.3. The van der Waals surface area contributed by atoms with E-state index in [-0.39, 0.29) is 11.7 Å². The lowest BCUT2D eigenvalue weighted by atomic mass is 10.1. The van der Waals surface area contributed by atoms with Gasteiger partial charge in [-0.2, -0.15) is 13.9 Å². The van der Waals surface area contributed by atoms with Crippen molar-refractivity contribution in [2.24, 2.45) is 0 Å². The minimum absolute atomic E-state index is 0.109. The second-order valence-corrected chi connectivity index (χ2v) is 4.75. The molecule has 0 radical (unpaired) electrons. The molecular formula is C12H14F4N2O. The minimum Gasteiger partial charge on any atom is -0.292 e. The Morgan fingerprint density at radius 1 is 1.42 bits per heavy atom. The van der Waals surface area contributed by atoms with Crippen LogP contribution in [0.5, 0.6) is 0 Å². The Kier molecular flexibility index (Phi) is 3.91. The number of carbonyl (C=O) groups excluding carboxylic acids is 1. The van der Waals surface area contributed by atoms with Crippen LogP contribution in [0.1, 0.15) is 37.4 Å². The van der Waals surface area contributed by atoms with Crippen LogP contribution in [-0.2, 0) is 11.2 Å². The zero-order valence-corrected chi connectivity index (χ0v) is 10.2. The molecule has 0 aromatic carbocycles. The van der Waals surface area contributed by atoms with E-state index in [9.17, 15) is 22.4 Å². The van der Waals surface area contributed by atoms with Crippen LogP contribution >= 0.6 is 0 Å². The van der Waals surface area contributed by atoms with Gasteiger partial charge in [0.05, 0.1) is 18.2 Å². The highest BCUT2D eigenvalue weighted by Gasteiger charge is 2.48. The van der Waals surface area contributed by atoms with Crippen molar-refractivity contribution in [2.75, 3.05) is 0 Å². The summed E-state index contributed by atoms with van der Waals surface area (Å²) in [4.78, 5) is 11.1. The second kappa shape index (κ2) is 5.30. The highest BCUT2D eigenvalue weighted by molar-refractivity contribution is 5.87. The third-order valence-corrected chi connectivity index (χ3v) is 3.35. The summed E-state index contributed by atoms with van der Waals surface area (Å²) < 4.78 is 51.3. The number of rotatable bonds is 5. The Hall–Kier alpha value is -1.40. The Balaban J connectivity index is 2.02. The highest BCUT2D eigenvalue weighted by Crippen LogP contribution is 2.29. The first kappa shape index (κ1) is 14.0. The van der Waals surface area contributed by atoms with Gasteiger partial charge in [0.1, 0.15) is 0 Å². The third-order valence-electron chi connectivity index (χ3n) is 3.35. The maximum atomic E-state index is 12.8. The van der Waals surface area contributed by atoms with Gasteiger partial charge in [-0.25, -0.2) is 8.78 Å².